The van der Waals surface area contributed by atoms with Gasteiger partial charge >= 0.3 is 0 Å². The Morgan fingerprint density at radius 3 is 2.30 bits per heavy atom. The van der Waals surface area contributed by atoms with Crippen molar-refractivity contribution in [2.45, 2.75) is 35.8 Å². The number of hydrogen-bond donors (Lipinski definition) is 1. The van der Waals surface area contributed by atoms with Crippen LogP contribution in [0.25, 0.3) is 0 Å². The minimum absolute atomic E-state index is 0.153. The predicted molar refractivity (Wildman–Crippen MR) is 120 cm³/mol. The van der Waals surface area contributed by atoms with Crippen LogP contribution in [-0.4, -0.2) is 56.2 Å². The first-order valence-corrected chi connectivity index (χ1v) is 12.5. The number of hydrogen-bond acceptors (Lipinski definition) is 5. The van der Waals surface area contributed by atoms with Gasteiger partial charge in [-0.1, -0.05) is 11.6 Å². The number of halogens is 1. The average molecular weight is 469 g/mol. The summed E-state index contributed by atoms with van der Waals surface area (Å²) < 4.78 is 32.8. The molecule has 0 saturated carbocycles. The molecule has 0 spiro atoms. The fourth-order valence-corrected chi connectivity index (χ4v) is 5.71. The summed E-state index contributed by atoms with van der Waals surface area (Å²) in [4.78, 5) is 13.6. The van der Waals surface area contributed by atoms with Crippen LogP contribution in [-0.2, 0) is 14.8 Å². The predicted octanol–water partition coefficient (Wildman–Crippen LogP) is 3.66. The van der Waals surface area contributed by atoms with E-state index in [-0.39, 0.29) is 23.0 Å². The Kier molecular flexibility index (Phi) is 7.81. The topological polar surface area (TPSA) is 75.7 Å². The summed E-state index contributed by atoms with van der Waals surface area (Å²) in [7, 11) is -3.62. The van der Waals surface area contributed by atoms with Crippen LogP contribution in [0.2, 0.25) is 5.02 Å². The van der Waals surface area contributed by atoms with Crippen molar-refractivity contribution in [3.05, 3.63) is 59.1 Å². The monoisotopic (exact) mass is 468 g/mol. The third-order valence-electron chi connectivity index (χ3n) is 4.61. The van der Waals surface area contributed by atoms with Gasteiger partial charge in [0.2, 0.25) is 10.0 Å². The molecule has 2 aromatic rings. The molecule has 1 saturated heterocycles. The van der Waals surface area contributed by atoms with E-state index in [0.717, 1.165) is 4.90 Å². The SMILES string of the molecule is CC1CN(S(=O)(=O)c2ccc(C(=O)NCCSc3ccc(Cl)cc3)cc2)CC(C)O1. The van der Waals surface area contributed by atoms with E-state index in [1.807, 2.05) is 38.1 Å². The number of nitrogens with zero attached hydrogens (tertiary/aromatic N) is 1. The summed E-state index contributed by atoms with van der Waals surface area (Å²) in [6.07, 6.45) is -0.307. The molecule has 2 atom stereocenters. The second kappa shape index (κ2) is 10.2. The van der Waals surface area contributed by atoms with Crippen LogP contribution in [0.3, 0.4) is 0 Å². The molecule has 1 fully saturated rings. The van der Waals surface area contributed by atoms with E-state index in [4.69, 9.17) is 16.3 Å². The zero-order valence-corrected chi connectivity index (χ0v) is 19.3. The standard InChI is InChI=1S/C21H25ClN2O4S2/c1-15-13-24(14-16(2)28-15)30(26,27)20-9-3-17(4-10-20)21(25)23-11-12-29-19-7-5-18(22)6-8-19/h3-10,15-16H,11-14H2,1-2H3,(H,23,25). The number of sulfonamides is 1. The highest BCUT2D eigenvalue weighted by atomic mass is 35.5. The highest BCUT2D eigenvalue weighted by Crippen LogP contribution is 2.22. The molecular weight excluding hydrogens is 444 g/mol. The lowest BCUT2D eigenvalue weighted by Crippen LogP contribution is -2.48. The van der Waals surface area contributed by atoms with Crippen LogP contribution in [0.15, 0.2) is 58.3 Å². The number of thioether (sulfide) groups is 1. The Labute approximate surface area is 187 Å². The van der Waals surface area contributed by atoms with Crippen LogP contribution in [0.1, 0.15) is 24.2 Å². The van der Waals surface area contributed by atoms with Gasteiger partial charge in [-0.2, -0.15) is 4.31 Å². The van der Waals surface area contributed by atoms with Gasteiger partial charge in [-0.3, -0.25) is 4.79 Å². The van der Waals surface area contributed by atoms with E-state index in [2.05, 4.69) is 5.32 Å². The van der Waals surface area contributed by atoms with E-state index in [1.54, 1.807) is 23.9 Å². The van der Waals surface area contributed by atoms with Crippen molar-refractivity contribution in [3.8, 4) is 0 Å². The van der Waals surface area contributed by atoms with Crippen LogP contribution in [0, 0.1) is 0 Å². The van der Waals surface area contributed by atoms with Crippen molar-refractivity contribution in [1.82, 2.24) is 9.62 Å². The second-order valence-electron chi connectivity index (χ2n) is 7.16. The number of morpholine rings is 1. The maximum atomic E-state index is 12.9. The molecule has 6 nitrogen and oxygen atoms in total. The van der Waals surface area contributed by atoms with Gasteiger partial charge in [-0.05, 0) is 62.4 Å². The third kappa shape index (κ3) is 5.98. The van der Waals surface area contributed by atoms with Crippen LogP contribution in [0.5, 0.6) is 0 Å². The molecule has 1 aliphatic heterocycles. The first-order chi connectivity index (χ1) is 14.3. The molecule has 0 aromatic heterocycles. The number of amides is 1. The number of nitrogens with one attached hydrogen (secondary N) is 1. The lowest BCUT2D eigenvalue weighted by molar-refractivity contribution is -0.0440. The van der Waals surface area contributed by atoms with E-state index in [1.165, 1.54) is 16.4 Å². The summed E-state index contributed by atoms with van der Waals surface area (Å²) in [5.41, 5.74) is 0.425. The molecular formula is C21H25ClN2O4S2. The molecule has 0 radical (unpaired) electrons. The molecule has 1 aliphatic rings. The van der Waals surface area contributed by atoms with Crippen molar-refractivity contribution in [2.75, 3.05) is 25.4 Å². The van der Waals surface area contributed by atoms with Gasteiger partial charge in [0.25, 0.3) is 5.91 Å². The van der Waals surface area contributed by atoms with E-state index < -0.39 is 10.0 Å². The number of rotatable bonds is 7. The molecule has 0 aliphatic carbocycles. The fraction of sp³-hybridized carbons (Fsp3) is 0.381. The number of ether oxygens (including phenoxy) is 1. The Bertz CT molecular complexity index is 956. The lowest BCUT2D eigenvalue weighted by atomic mass is 10.2. The number of benzene rings is 2. The maximum absolute atomic E-state index is 12.9. The first-order valence-electron chi connectivity index (χ1n) is 9.68. The van der Waals surface area contributed by atoms with E-state index >= 15 is 0 Å². The number of carbonyl (C=O) groups is 1. The van der Waals surface area contributed by atoms with Crippen molar-refractivity contribution in [3.63, 3.8) is 0 Å². The van der Waals surface area contributed by atoms with Crippen LogP contribution < -0.4 is 5.32 Å². The minimum Gasteiger partial charge on any atom is -0.373 e. The first kappa shape index (κ1) is 23.1. The average Bonchev–Trinajstić information content (AvgIpc) is 2.71. The normalized spacial score (nSPS) is 20.1. The molecule has 2 aromatic carbocycles. The molecule has 162 valence electrons. The fourth-order valence-electron chi connectivity index (χ4n) is 3.22. The summed E-state index contributed by atoms with van der Waals surface area (Å²) in [5, 5.41) is 3.54. The van der Waals surface area contributed by atoms with Gasteiger partial charge in [0, 0.05) is 40.9 Å². The summed E-state index contributed by atoms with van der Waals surface area (Å²) in [6, 6.07) is 13.6. The molecule has 2 unspecified atom stereocenters. The van der Waals surface area contributed by atoms with Gasteiger partial charge in [0.15, 0.2) is 0 Å². The largest absolute Gasteiger partial charge is 0.373 e. The summed E-state index contributed by atoms with van der Waals surface area (Å²) in [6.45, 7) is 4.85. The molecule has 1 heterocycles. The smallest absolute Gasteiger partial charge is 0.251 e. The molecule has 1 amide bonds. The van der Waals surface area contributed by atoms with Gasteiger partial charge in [0.05, 0.1) is 17.1 Å². The summed E-state index contributed by atoms with van der Waals surface area (Å²) in [5.74, 6) is 0.483. The van der Waals surface area contributed by atoms with Crippen molar-refractivity contribution in [1.29, 1.82) is 0 Å². The Morgan fingerprint density at radius 1 is 1.10 bits per heavy atom. The third-order valence-corrected chi connectivity index (χ3v) is 7.72. The Morgan fingerprint density at radius 2 is 1.70 bits per heavy atom. The zero-order valence-electron chi connectivity index (χ0n) is 16.9. The quantitative estimate of drug-likeness (QED) is 0.495. The molecule has 9 heteroatoms. The van der Waals surface area contributed by atoms with Crippen LogP contribution in [0.4, 0.5) is 0 Å². The number of carbonyl (C=O) groups excluding carboxylic acids is 1. The minimum atomic E-state index is -3.62. The van der Waals surface area contributed by atoms with Crippen LogP contribution >= 0.6 is 23.4 Å². The van der Waals surface area contributed by atoms with Gasteiger partial charge < -0.3 is 10.1 Å². The van der Waals surface area contributed by atoms with E-state index in [9.17, 15) is 13.2 Å². The zero-order chi connectivity index (χ0) is 21.7. The molecule has 0 bridgehead atoms. The van der Waals surface area contributed by atoms with Crippen molar-refractivity contribution < 1.29 is 17.9 Å². The lowest BCUT2D eigenvalue weighted by Gasteiger charge is -2.34. The molecule has 3 rings (SSSR count). The highest BCUT2D eigenvalue weighted by Gasteiger charge is 2.32. The maximum Gasteiger partial charge on any atom is 0.251 e. The highest BCUT2D eigenvalue weighted by molar-refractivity contribution is 7.99. The molecule has 1 N–H and O–H groups in total. The Balaban J connectivity index is 1.54. The van der Waals surface area contributed by atoms with Gasteiger partial charge in [-0.15, -0.1) is 11.8 Å². The summed E-state index contributed by atoms with van der Waals surface area (Å²) >= 11 is 7.49. The van der Waals surface area contributed by atoms with Gasteiger partial charge in [-0.25, -0.2) is 8.42 Å². The van der Waals surface area contributed by atoms with Gasteiger partial charge in [0.1, 0.15) is 0 Å². The molecule has 30 heavy (non-hydrogen) atoms. The van der Waals surface area contributed by atoms with Crippen molar-refractivity contribution >= 4 is 39.3 Å². The Hall–Kier alpha value is -1.58. The van der Waals surface area contributed by atoms with Crippen molar-refractivity contribution in [2.24, 2.45) is 0 Å². The van der Waals surface area contributed by atoms with E-state index in [0.29, 0.717) is 36.0 Å². The second-order valence-corrected chi connectivity index (χ2v) is 10.7.